The van der Waals surface area contributed by atoms with Gasteiger partial charge in [-0.2, -0.15) is 0 Å². The van der Waals surface area contributed by atoms with E-state index in [9.17, 15) is 8.42 Å². The van der Waals surface area contributed by atoms with Crippen LogP contribution in [0.25, 0.3) is 0 Å². The topological polar surface area (TPSA) is 106 Å². The third kappa shape index (κ3) is 10.2. The van der Waals surface area contributed by atoms with E-state index in [4.69, 9.17) is 9.11 Å². The zero-order chi connectivity index (χ0) is 5.15. The van der Waals surface area contributed by atoms with Gasteiger partial charge in [-0.1, -0.05) is 0 Å². The first-order valence-corrected chi connectivity index (χ1v) is 3.60. The van der Waals surface area contributed by atoms with Gasteiger partial charge in [0.05, 0.1) is 0 Å². The quantitative estimate of drug-likeness (QED) is 0.237. The first-order valence-electron chi connectivity index (χ1n) is 0.865. The summed E-state index contributed by atoms with van der Waals surface area (Å²) >= 11 is 0. The smallest absolute Gasteiger partial charge is 1.00 e. The first-order chi connectivity index (χ1) is 2.64. The minimum atomic E-state index is -2.59. The standard InChI is InChI=1S/Na.H2O4S2.H2O.H/c;1-5(2)6(3)4;;/h;(H,1,2)(H,3,4);1H2;/q+1;;;-1. The second-order valence-electron chi connectivity index (χ2n) is 0.434. The molecule has 0 rings (SSSR count). The molecule has 0 bridgehead atoms. The maximum atomic E-state index is 9.26. The second kappa shape index (κ2) is 8.18. The van der Waals surface area contributed by atoms with Crippen molar-refractivity contribution in [2.24, 2.45) is 0 Å². The first kappa shape index (κ1) is 16.1. The van der Waals surface area contributed by atoms with Crippen LogP contribution >= 0.6 is 0 Å². The van der Waals surface area contributed by atoms with Crippen LogP contribution in [-0.4, -0.2) is 23.0 Å². The van der Waals surface area contributed by atoms with E-state index in [0.717, 1.165) is 0 Å². The molecule has 0 aliphatic rings. The fourth-order valence-electron chi connectivity index (χ4n) is 0. The summed E-state index contributed by atoms with van der Waals surface area (Å²) < 4.78 is 33.6. The molecule has 48 valence electrons. The van der Waals surface area contributed by atoms with Gasteiger partial charge in [0.15, 0.2) is 0 Å². The Bertz CT molecular complexity index is 81.0. The molecule has 0 heterocycles. The molecule has 8 heavy (non-hydrogen) atoms. The van der Waals surface area contributed by atoms with Gasteiger partial charge in [-0.15, -0.1) is 0 Å². The molecule has 0 saturated carbocycles. The van der Waals surface area contributed by atoms with Crippen LogP contribution in [0.2, 0.25) is 0 Å². The molecule has 0 amide bonds. The zero-order valence-electron chi connectivity index (χ0n) is 5.03. The summed E-state index contributed by atoms with van der Waals surface area (Å²) in [6, 6.07) is 0. The summed E-state index contributed by atoms with van der Waals surface area (Å²) in [6.07, 6.45) is 0. The Balaban J connectivity index is -0.0000000417. The van der Waals surface area contributed by atoms with Gasteiger partial charge < -0.3 is 6.90 Å². The molecular weight excluding hydrogens is 167 g/mol. The summed E-state index contributed by atoms with van der Waals surface area (Å²) in [7, 11) is -5.18. The maximum absolute atomic E-state index is 9.26. The summed E-state index contributed by atoms with van der Waals surface area (Å²) in [4.78, 5) is 0. The van der Waals surface area contributed by atoms with E-state index in [1.165, 1.54) is 0 Å². The van der Waals surface area contributed by atoms with Crippen molar-refractivity contribution in [3.8, 4) is 0 Å². The normalized spacial score (nSPS) is 14.8. The van der Waals surface area contributed by atoms with Gasteiger partial charge in [0.1, 0.15) is 0 Å². The minimum Gasteiger partial charge on any atom is -1.00 e. The van der Waals surface area contributed by atoms with Crippen LogP contribution in [-0.2, 0) is 20.2 Å². The molecule has 0 aliphatic heterocycles. The molecule has 8 heteroatoms. The van der Waals surface area contributed by atoms with Gasteiger partial charge in [0.25, 0.3) is 20.2 Å². The van der Waals surface area contributed by atoms with Crippen LogP contribution in [0.4, 0.5) is 0 Å². The predicted octanol–water partition coefficient (Wildman–Crippen LogP) is -4.36. The van der Waals surface area contributed by atoms with E-state index in [1.807, 2.05) is 0 Å². The monoisotopic (exact) mass is 172 g/mol. The molecular formula is H5NaO5S2. The molecule has 4 N–H and O–H groups in total. The van der Waals surface area contributed by atoms with Gasteiger partial charge >= 0.3 is 29.6 Å². The molecule has 0 saturated heterocycles. The summed E-state index contributed by atoms with van der Waals surface area (Å²) in [5.41, 5.74) is 0. The van der Waals surface area contributed by atoms with Crippen molar-refractivity contribution in [1.82, 2.24) is 0 Å². The number of hydrogen-bond acceptors (Lipinski definition) is 2. The van der Waals surface area contributed by atoms with Gasteiger partial charge in [0.2, 0.25) is 0 Å². The van der Waals surface area contributed by atoms with Gasteiger partial charge in [-0.3, -0.25) is 9.11 Å². The third-order valence-electron chi connectivity index (χ3n) is 0.122. The van der Waals surface area contributed by atoms with Crippen LogP contribution < -0.4 is 29.6 Å². The van der Waals surface area contributed by atoms with E-state index in [2.05, 4.69) is 0 Å². The SMILES string of the molecule is O.O=S(O)S(=O)O.[H-].[Na+]. The van der Waals surface area contributed by atoms with Crippen molar-refractivity contribution >= 4 is 20.2 Å². The van der Waals surface area contributed by atoms with E-state index in [-0.39, 0.29) is 36.5 Å². The summed E-state index contributed by atoms with van der Waals surface area (Å²) in [5, 5.41) is 0. The van der Waals surface area contributed by atoms with E-state index >= 15 is 0 Å². The van der Waals surface area contributed by atoms with Gasteiger partial charge in [0, 0.05) is 0 Å². The van der Waals surface area contributed by atoms with Crippen LogP contribution in [0.1, 0.15) is 1.43 Å². The Morgan fingerprint density at radius 2 is 1.25 bits per heavy atom. The minimum absolute atomic E-state index is 0. The van der Waals surface area contributed by atoms with Gasteiger partial charge in [-0.25, -0.2) is 8.42 Å². The molecule has 0 fully saturated rings. The van der Waals surface area contributed by atoms with Crippen molar-refractivity contribution in [1.29, 1.82) is 0 Å². The second-order valence-corrected chi connectivity index (χ2v) is 3.01. The fourth-order valence-corrected chi connectivity index (χ4v) is 0. The number of hydrogen-bond donors (Lipinski definition) is 2. The summed E-state index contributed by atoms with van der Waals surface area (Å²) in [5.74, 6) is 0. The third-order valence-corrected chi connectivity index (χ3v) is 1.10. The molecule has 2 atom stereocenters. The largest absolute Gasteiger partial charge is 1.00 e. The Kier molecular flexibility index (Phi) is 16.4. The molecule has 5 nitrogen and oxygen atoms in total. The molecule has 0 aromatic carbocycles. The average molecular weight is 172 g/mol. The van der Waals surface area contributed by atoms with Crippen molar-refractivity contribution in [2.75, 3.05) is 0 Å². The van der Waals surface area contributed by atoms with Crippen LogP contribution in [0.15, 0.2) is 0 Å². The molecule has 0 spiro atoms. The van der Waals surface area contributed by atoms with E-state index in [1.54, 1.807) is 0 Å². The van der Waals surface area contributed by atoms with Crippen molar-refractivity contribution < 1.29 is 54.0 Å². The molecule has 2 unspecified atom stereocenters. The Morgan fingerprint density at radius 3 is 1.25 bits per heavy atom. The Morgan fingerprint density at radius 1 is 1.12 bits per heavy atom. The molecule has 0 radical (unpaired) electrons. The van der Waals surface area contributed by atoms with E-state index in [0.29, 0.717) is 0 Å². The fraction of sp³-hybridized carbons (Fsp3) is 0. The van der Waals surface area contributed by atoms with Crippen LogP contribution in [0.5, 0.6) is 0 Å². The van der Waals surface area contributed by atoms with E-state index < -0.39 is 20.2 Å². The predicted molar refractivity (Wildman–Crippen MR) is 26.3 cm³/mol. The Hall–Kier alpha value is 1.18. The van der Waals surface area contributed by atoms with Crippen molar-refractivity contribution in [3.63, 3.8) is 0 Å². The maximum Gasteiger partial charge on any atom is 1.00 e. The molecule has 0 aromatic rings. The van der Waals surface area contributed by atoms with Crippen LogP contribution in [0, 0.1) is 0 Å². The molecule has 0 aliphatic carbocycles. The summed E-state index contributed by atoms with van der Waals surface area (Å²) in [6.45, 7) is 0. The number of rotatable bonds is 1. The zero-order valence-corrected chi connectivity index (χ0v) is 7.66. The Labute approximate surface area is 73.9 Å². The molecule has 0 aromatic heterocycles. The van der Waals surface area contributed by atoms with Crippen molar-refractivity contribution in [3.05, 3.63) is 0 Å². The van der Waals surface area contributed by atoms with Crippen molar-refractivity contribution in [2.45, 2.75) is 0 Å². The van der Waals surface area contributed by atoms with Crippen LogP contribution in [0.3, 0.4) is 0 Å². The van der Waals surface area contributed by atoms with Gasteiger partial charge in [-0.05, 0) is 0 Å². The average Bonchev–Trinajstić information content (AvgIpc) is 1.36.